The average molecular weight is 270 g/mol. The van der Waals surface area contributed by atoms with Gasteiger partial charge in [-0.05, 0) is 44.0 Å². The van der Waals surface area contributed by atoms with E-state index in [-0.39, 0.29) is 5.56 Å². The van der Waals surface area contributed by atoms with Gasteiger partial charge in [0.05, 0.1) is 5.56 Å². The Morgan fingerprint density at radius 1 is 1.25 bits per heavy atom. The van der Waals surface area contributed by atoms with E-state index in [0.717, 1.165) is 29.2 Å². The van der Waals surface area contributed by atoms with Gasteiger partial charge in [-0.2, -0.15) is 0 Å². The molecule has 2 rings (SSSR count). The van der Waals surface area contributed by atoms with E-state index >= 15 is 0 Å². The van der Waals surface area contributed by atoms with Crippen molar-refractivity contribution < 1.29 is 9.90 Å². The number of aromatic carboxylic acids is 1. The van der Waals surface area contributed by atoms with Gasteiger partial charge in [0.2, 0.25) is 0 Å². The SMILES string of the molecule is CCN(c1ccccc1C)c1ncc(C(=O)O)cc1C. The second-order valence-electron chi connectivity index (χ2n) is 4.70. The van der Waals surface area contributed by atoms with E-state index in [0.29, 0.717) is 0 Å². The topological polar surface area (TPSA) is 53.4 Å². The van der Waals surface area contributed by atoms with Crippen molar-refractivity contribution in [2.45, 2.75) is 20.8 Å². The van der Waals surface area contributed by atoms with Crippen LogP contribution in [0.1, 0.15) is 28.4 Å². The van der Waals surface area contributed by atoms with Crippen LogP contribution in [-0.2, 0) is 0 Å². The van der Waals surface area contributed by atoms with E-state index in [1.54, 1.807) is 6.07 Å². The molecule has 104 valence electrons. The fraction of sp³-hybridized carbons (Fsp3) is 0.250. The van der Waals surface area contributed by atoms with Crippen LogP contribution in [0.15, 0.2) is 36.5 Å². The van der Waals surface area contributed by atoms with Crippen molar-refractivity contribution in [1.29, 1.82) is 0 Å². The molecule has 0 atom stereocenters. The monoisotopic (exact) mass is 270 g/mol. The maximum absolute atomic E-state index is 11.0. The highest BCUT2D eigenvalue weighted by molar-refractivity contribution is 5.88. The van der Waals surface area contributed by atoms with E-state index in [1.165, 1.54) is 6.20 Å². The lowest BCUT2D eigenvalue weighted by molar-refractivity contribution is 0.0696. The molecule has 0 amide bonds. The van der Waals surface area contributed by atoms with Crippen LogP contribution < -0.4 is 4.90 Å². The molecule has 0 radical (unpaired) electrons. The molecule has 1 heterocycles. The molecule has 0 fully saturated rings. The summed E-state index contributed by atoms with van der Waals surface area (Å²) in [4.78, 5) is 17.4. The number of carbonyl (C=O) groups is 1. The molecule has 1 N–H and O–H groups in total. The molecule has 4 heteroatoms. The number of anilines is 2. The molecule has 1 aromatic heterocycles. The first kappa shape index (κ1) is 14.1. The normalized spacial score (nSPS) is 10.3. The molecular weight excluding hydrogens is 252 g/mol. The van der Waals surface area contributed by atoms with Crippen LogP contribution in [0.2, 0.25) is 0 Å². The Morgan fingerprint density at radius 3 is 2.50 bits per heavy atom. The van der Waals surface area contributed by atoms with Gasteiger partial charge in [0.1, 0.15) is 5.82 Å². The molecule has 2 aromatic rings. The lowest BCUT2D eigenvalue weighted by Gasteiger charge is -2.25. The van der Waals surface area contributed by atoms with Gasteiger partial charge in [-0.3, -0.25) is 0 Å². The van der Waals surface area contributed by atoms with Gasteiger partial charge in [-0.25, -0.2) is 9.78 Å². The number of aromatic nitrogens is 1. The van der Waals surface area contributed by atoms with Crippen LogP contribution in [0.4, 0.5) is 11.5 Å². The van der Waals surface area contributed by atoms with Crippen LogP contribution in [0, 0.1) is 13.8 Å². The minimum absolute atomic E-state index is 0.215. The summed E-state index contributed by atoms with van der Waals surface area (Å²) < 4.78 is 0. The highest BCUT2D eigenvalue weighted by Crippen LogP contribution is 2.29. The highest BCUT2D eigenvalue weighted by Gasteiger charge is 2.15. The zero-order valence-electron chi connectivity index (χ0n) is 11.9. The largest absolute Gasteiger partial charge is 0.478 e. The third-order valence-electron chi connectivity index (χ3n) is 3.28. The molecule has 4 nitrogen and oxygen atoms in total. The Hall–Kier alpha value is -2.36. The Bertz CT molecular complexity index is 638. The summed E-state index contributed by atoms with van der Waals surface area (Å²) in [6.07, 6.45) is 1.41. The lowest BCUT2D eigenvalue weighted by atomic mass is 10.1. The second-order valence-corrected chi connectivity index (χ2v) is 4.70. The second kappa shape index (κ2) is 5.74. The fourth-order valence-electron chi connectivity index (χ4n) is 2.27. The molecule has 1 aromatic carbocycles. The average Bonchev–Trinajstić information content (AvgIpc) is 2.43. The van der Waals surface area contributed by atoms with E-state index in [9.17, 15) is 4.79 Å². The van der Waals surface area contributed by atoms with Gasteiger partial charge >= 0.3 is 5.97 Å². The van der Waals surface area contributed by atoms with Crippen LogP contribution >= 0.6 is 0 Å². The van der Waals surface area contributed by atoms with Crippen molar-refractivity contribution in [3.63, 3.8) is 0 Å². The molecule has 0 saturated heterocycles. The number of benzene rings is 1. The molecule has 0 spiro atoms. The standard InChI is InChI=1S/C16H18N2O2/c1-4-18(14-8-6-5-7-11(14)2)15-12(3)9-13(10-17-15)16(19)20/h5-10H,4H2,1-3H3,(H,19,20). The molecule has 0 aliphatic heterocycles. The first-order chi connectivity index (χ1) is 9.54. The lowest BCUT2D eigenvalue weighted by Crippen LogP contribution is -2.19. The van der Waals surface area contributed by atoms with Crippen LogP contribution in [0.25, 0.3) is 0 Å². The predicted octanol–water partition coefficient (Wildman–Crippen LogP) is 3.55. The fourth-order valence-corrected chi connectivity index (χ4v) is 2.27. The number of rotatable bonds is 4. The van der Waals surface area contributed by atoms with Crippen LogP contribution in [0.3, 0.4) is 0 Å². The van der Waals surface area contributed by atoms with Gasteiger partial charge < -0.3 is 10.0 Å². The summed E-state index contributed by atoms with van der Waals surface area (Å²) in [5.74, 6) is -0.155. The van der Waals surface area contributed by atoms with Gasteiger partial charge in [0.25, 0.3) is 0 Å². The van der Waals surface area contributed by atoms with Gasteiger partial charge in [-0.1, -0.05) is 18.2 Å². The third kappa shape index (κ3) is 2.64. The molecule has 0 aliphatic carbocycles. The zero-order valence-corrected chi connectivity index (χ0v) is 11.9. The first-order valence-electron chi connectivity index (χ1n) is 6.57. The van der Waals surface area contributed by atoms with Crippen molar-refractivity contribution >= 4 is 17.5 Å². The van der Waals surface area contributed by atoms with E-state index < -0.39 is 5.97 Å². The third-order valence-corrected chi connectivity index (χ3v) is 3.28. The molecule has 0 unspecified atom stereocenters. The molecule has 0 saturated carbocycles. The number of para-hydroxylation sites is 1. The van der Waals surface area contributed by atoms with Gasteiger partial charge in [0.15, 0.2) is 0 Å². The molecular formula is C16H18N2O2. The van der Waals surface area contributed by atoms with Crippen molar-refractivity contribution in [3.05, 3.63) is 53.2 Å². The van der Waals surface area contributed by atoms with Gasteiger partial charge in [-0.15, -0.1) is 0 Å². The van der Waals surface area contributed by atoms with Crippen molar-refractivity contribution in [2.75, 3.05) is 11.4 Å². The van der Waals surface area contributed by atoms with E-state index in [4.69, 9.17) is 5.11 Å². The number of aryl methyl sites for hydroxylation is 2. The minimum atomic E-state index is -0.953. The molecule has 0 aliphatic rings. The molecule has 0 bridgehead atoms. The Labute approximate surface area is 118 Å². The van der Waals surface area contributed by atoms with Crippen molar-refractivity contribution in [1.82, 2.24) is 4.98 Å². The Kier molecular flexibility index (Phi) is 4.03. The summed E-state index contributed by atoms with van der Waals surface area (Å²) >= 11 is 0. The highest BCUT2D eigenvalue weighted by atomic mass is 16.4. The van der Waals surface area contributed by atoms with Crippen LogP contribution in [-0.4, -0.2) is 22.6 Å². The summed E-state index contributed by atoms with van der Waals surface area (Å²) in [7, 11) is 0. The van der Waals surface area contributed by atoms with Gasteiger partial charge in [0, 0.05) is 18.4 Å². The maximum Gasteiger partial charge on any atom is 0.337 e. The van der Waals surface area contributed by atoms with Crippen molar-refractivity contribution in [2.24, 2.45) is 0 Å². The number of carboxylic acid groups (broad SMARTS) is 1. The quantitative estimate of drug-likeness (QED) is 0.923. The minimum Gasteiger partial charge on any atom is -0.478 e. The summed E-state index contributed by atoms with van der Waals surface area (Å²) in [5, 5.41) is 9.00. The number of carboxylic acids is 1. The summed E-state index contributed by atoms with van der Waals surface area (Å²) in [5.41, 5.74) is 3.33. The summed E-state index contributed by atoms with van der Waals surface area (Å²) in [6.45, 7) is 6.76. The number of hydrogen-bond donors (Lipinski definition) is 1. The first-order valence-corrected chi connectivity index (χ1v) is 6.57. The number of hydrogen-bond acceptors (Lipinski definition) is 3. The summed E-state index contributed by atoms with van der Waals surface area (Å²) in [6, 6.07) is 9.75. The van der Waals surface area contributed by atoms with Crippen molar-refractivity contribution in [3.8, 4) is 0 Å². The zero-order chi connectivity index (χ0) is 14.7. The predicted molar refractivity (Wildman–Crippen MR) is 79.8 cm³/mol. The maximum atomic E-state index is 11.0. The Morgan fingerprint density at radius 2 is 1.95 bits per heavy atom. The number of pyridine rings is 1. The number of nitrogens with zero attached hydrogens (tertiary/aromatic N) is 2. The van der Waals surface area contributed by atoms with Crippen LogP contribution in [0.5, 0.6) is 0 Å². The smallest absolute Gasteiger partial charge is 0.337 e. The Balaban J connectivity index is 2.48. The van der Waals surface area contributed by atoms with E-state index in [1.807, 2.05) is 25.1 Å². The molecule has 20 heavy (non-hydrogen) atoms. The van der Waals surface area contributed by atoms with E-state index in [2.05, 4.69) is 29.8 Å².